The molecule has 1 unspecified atom stereocenters. The van der Waals surface area contributed by atoms with E-state index >= 15 is 0 Å². The molecule has 0 aliphatic heterocycles. The number of nitrogens with zero attached hydrogens (tertiary/aromatic N) is 1. The number of hydrogen-bond donors (Lipinski definition) is 1. The Hall–Kier alpha value is -1.29. The van der Waals surface area contributed by atoms with Crippen molar-refractivity contribution in [3.8, 4) is 0 Å². The Morgan fingerprint density at radius 3 is 2.88 bits per heavy atom. The molecule has 1 amide bonds. The molecule has 0 aromatic carbocycles. The van der Waals surface area contributed by atoms with E-state index in [1.807, 2.05) is 13.8 Å². The van der Waals surface area contributed by atoms with Crippen molar-refractivity contribution in [1.29, 1.82) is 0 Å². The van der Waals surface area contributed by atoms with Gasteiger partial charge in [0.05, 0.1) is 5.02 Å². The first kappa shape index (κ1) is 12.8. The highest BCUT2D eigenvalue weighted by Crippen LogP contribution is 2.02. The fourth-order valence-electron chi connectivity index (χ4n) is 1.20. The molecule has 0 spiro atoms. The highest BCUT2D eigenvalue weighted by molar-refractivity contribution is 6.30. The lowest BCUT2D eigenvalue weighted by Gasteiger charge is -2.12. The maximum absolute atomic E-state index is 11.5. The molecule has 1 atom stereocenters. The summed E-state index contributed by atoms with van der Waals surface area (Å²) >= 11 is 5.74. The second kappa shape index (κ2) is 5.70. The summed E-state index contributed by atoms with van der Waals surface area (Å²) in [6, 6.07) is 2.97. The van der Waals surface area contributed by atoms with Crippen LogP contribution < -0.4 is 10.9 Å². The molecule has 1 heterocycles. The normalized spacial score (nSPS) is 12.2. The Morgan fingerprint density at radius 1 is 1.56 bits per heavy atom. The molecule has 4 nitrogen and oxygen atoms in total. The fraction of sp³-hybridized carbons (Fsp3) is 0.455. The van der Waals surface area contributed by atoms with Crippen LogP contribution >= 0.6 is 11.6 Å². The first-order chi connectivity index (χ1) is 7.52. The van der Waals surface area contributed by atoms with Crippen molar-refractivity contribution in [2.75, 3.05) is 0 Å². The van der Waals surface area contributed by atoms with Crippen LogP contribution in [0.1, 0.15) is 20.3 Å². The minimum Gasteiger partial charge on any atom is -0.352 e. The molecule has 0 radical (unpaired) electrons. The predicted molar refractivity (Wildman–Crippen MR) is 63.6 cm³/mol. The van der Waals surface area contributed by atoms with E-state index < -0.39 is 0 Å². The Balaban J connectivity index is 2.69. The summed E-state index contributed by atoms with van der Waals surface area (Å²) in [5.74, 6) is -0.182. The monoisotopic (exact) mass is 242 g/mol. The highest BCUT2D eigenvalue weighted by atomic mass is 35.5. The van der Waals surface area contributed by atoms with Gasteiger partial charge in [-0.2, -0.15) is 0 Å². The molecule has 5 heteroatoms. The zero-order valence-corrected chi connectivity index (χ0v) is 10.1. The third-order valence-corrected chi connectivity index (χ3v) is 2.50. The van der Waals surface area contributed by atoms with E-state index in [-0.39, 0.29) is 24.1 Å². The number of nitrogens with one attached hydrogen (secondary N) is 1. The van der Waals surface area contributed by atoms with E-state index in [9.17, 15) is 9.59 Å². The molecule has 88 valence electrons. The average molecular weight is 243 g/mol. The minimum atomic E-state index is -0.233. The zero-order valence-electron chi connectivity index (χ0n) is 9.37. The van der Waals surface area contributed by atoms with Gasteiger partial charge in [-0.1, -0.05) is 18.5 Å². The Labute approximate surface area is 99.2 Å². The Bertz CT molecular complexity index is 428. The van der Waals surface area contributed by atoms with Gasteiger partial charge in [-0.3, -0.25) is 9.59 Å². The van der Waals surface area contributed by atoms with Gasteiger partial charge < -0.3 is 9.88 Å². The number of halogens is 1. The molecule has 1 aromatic heterocycles. The van der Waals surface area contributed by atoms with Gasteiger partial charge in [0.1, 0.15) is 6.54 Å². The number of aromatic nitrogens is 1. The van der Waals surface area contributed by atoms with E-state index in [0.29, 0.717) is 5.02 Å². The number of carbonyl (C=O) groups excluding carboxylic acids is 1. The topological polar surface area (TPSA) is 51.1 Å². The maximum Gasteiger partial charge on any atom is 0.251 e. The van der Waals surface area contributed by atoms with Crippen molar-refractivity contribution in [1.82, 2.24) is 9.88 Å². The van der Waals surface area contributed by atoms with Gasteiger partial charge >= 0.3 is 0 Å². The minimum absolute atomic E-state index is 0.00370. The molecule has 1 N–H and O–H groups in total. The van der Waals surface area contributed by atoms with Gasteiger partial charge in [0.15, 0.2) is 0 Å². The van der Waals surface area contributed by atoms with Gasteiger partial charge in [-0.05, 0) is 19.4 Å². The highest BCUT2D eigenvalue weighted by Gasteiger charge is 2.07. The van der Waals surface area contributed by atoms with Crippen LogP contribution in [-0.2, 0) is 11.3 Å². The quantitative estimate of drug-likeness (QED) is 0.868. The summed E-state index contributed by atoms with van der Waals surface area (Å²) in [6.45, 7) is 3.90. The summed E-state index contributed by atoms with van der Waals surface area (Å²) < 4.78 is 1.29. The van der Waals surface area contributed by atoms with Crippen molar-refractivity contribution >= 4 is 17.5 Å². The van der Waals surface area contributed by atoms with Gasteiger partial charge in [-0.25, -0.2) is 0 Å². The molecule has 0 saturated carbocycles. The Kier molecular flexibility index (Phi) is 4.55. The van der Waals surface area contributed by atoms with Crippen molar-refractivity contribution < 1.29 is 4.79 Å². The first-order valence-electron chi connectivity index (χ1n) is 5.18. The lowest BCUT2D eigenvalue weighted by molar-refractivity contribution is -0.122. The van der Waals surface area contributed by atoms with Crippen LogP contribution in [-0.4, -0.2) is 16.5 Å². The molecule has 0 bridgehead atoms. The van der Waals surface area contributed by atoms with Gasteiger partial charge in [-0.15, -0.1) is 0 Å². The largest absolute Gasteiger partial charge is 0.352 e. The second-order valence-corrected chi connectivity index (χ2v) is 4.13. The lowest BCUT2D eigenvalue weighted by Crippen LogP contribution is -2.36. The maximum atomic E-state index is 11.5. The number of carbonyl (C=O) groups is 1. The zero-order chi connectivity index (χ0) is 12.1. The van der Waals surface area contributed by atoms with Crippen LogP contribution in [0.15, 0.2) is 23.1 Å². The van der Waals surface area contributed by atoms with Gasteiger partial charge in [0.25, 0.3) is 5.56 Å². The van der Waals surface area contributed by atoms with Crippen LogP contribution in [0.3, 0.4) is 0 Å². The molecule has 16 heavy (non-hydrogen) atoms. The number of amides is 1. The average Bonchev–Trinajstić information content (AvgIpc) is 2.23. The summed E-state index contributed by atoms with van der Waals surface area (Å²) in [5, 5.41) is 3.22. The molecule has 0 saturated heterocycles. The first-order valence-corrected chi connectivity index (χ1v) is 5.56. The van der Waals surface area contributed by atoms with Crippen LogP contribution in [0, 0.1) is 0 Å². The van der Waals surface area contributed by atoms with E-state index in [4.69, 9.17) is 11.6 Å². The molecular formula is C11H15ClN2O2. The smallest absolute Gasteiger partial charge is 0.251 e. The molecule has 0 aliphatic carbocycles. The van der Waals surface area contributed by atoms with Crippen LogP contribution in [0.5, 0.6) is 0 Å². The van der Waals surface area contributed by atoms with Gasteiger partial charge in [0.2, 0.25) is 5.91 Å². The van der Waals surface area contributed by atoms with E-state index in [1.165, 1.54) is 22.9 Å². The summed E-state index contributed by atoms with van der Waals surface area (Å²) in [4.78, 5) is 22.9. The van der Waals surface area contributed by atoms with E-state index in [2.05, 4.69) is 5.32 Å². The summed E-state index contributed by atoms with van der Waals surface area (Å²) in [6.07, 6.45) is 2.32. The Morgan fingerprint density at radius 2 is 2.25 bits per heavy atom. The third kappa shape index (κ3) is 3.70. The number of rotatable bonds is 4. The van der Waals surface area contributed by atoms with Gasteiger partial charge in [0, 0.05) is 18.3 Å². The lowest BCUT2D eigenvalue weighted by atomic mass is 10.2. The number of pyridine rings is 1. The standard InChI is InChI=1S/C11H15ClN2O2/c1-3-8(2)13-10(15)7-14-6-9(12)4-5-11(14)16/h4-6,8H,3,7H2,1-2H3,(H,13,15). The predicted octanol–water partition coefficient (Wildman–Crippen LogP) is 1.42. The molecule has 0 aliphatic rings. The summed E-state index contributed by atoms with van der Waals surface area (Å²) in [5.41, 5.74) is -0.233. The van der Waals surface area contributed by atoms with Crippen LogP contribution in [0.25, 0.3) is 0 Å². The molecule has 1 aromatic rings. The molecule has 1 rings (SSSR count). The van der Waals surface area contributed by atoms with Crippen LogP contribution in [0.4, 0.5) is 0 Å². The molecule has 0 fully saturated rings. The van der Waals surface area contributed by atoms with Crippen LogP contribution in [0.2, 0.25) is 5.02 Å². The van der Waals surface area contributed by atoms with E-state index in [1.54, 1.807) is 0 Å². The van der Waals surface area contributed by atoms with Crippen molar-refractivity contribution in [3.63, 3.8) is 0 Å². The number of hydrogen-bond acceptors (Lipinski definition) is 2. The molecular weight excluding hydrogens is 228 g/mol. The van der Waals surface area contributed by atoms with Crippen molar-refractivity contribution in [2.24, 2.45) is 0 Å². The fourth-order valence-corrected chi connectivity index (χ4v) is 1.38. The SMILES string of the molecule is CCC(C)NC(=O)Cn1cc(Cl)ccc1=O. The third-order valence-electron chi connectivity index (χ3n) is 2.28. The van der Waals surface area contributed by atoms with Crippen molar-refractivity contribution in [2.45, 2.75) is 32.9 Å². The second-order valence-electron chi connectivity index (χ2n) is 3.69. The van der Waals surface area contributed by atoms with E-state index in [0.717, 1.165) is 6.42 Å². The summed E-state index contributed by atoms with van der Waals surface area (Å²) in [7, 11) is 0. The van der Waals surface area contributed by atoms with Crippen molar-refractivity contribution in [3.05, 3.63) is 33.7 Å².